The van der Waals surface area contributed by atoms with E-state index < -0.39 is 0 Å². The molecule has 2 aliphatic heterocycles. The SMILES string of the molecule is C=C.CNC1(C)CCN(C[C@]2(c3ccc(Cl)c(Cl)c3)CCCNC2)CC1. The molecule has 0 saturated carbocycles. The Kier molecular flexibility index (Phi) is 7.99. The fourth-order valence-corrected chi connectivity index (χ4v) is 4.45. The number of hydrogen-bond acceptors (Lipinski definition) is 3. The van der Waals surface area contributed by atoms with Crippen LogP contribution in [0.4, 0.5) is 0 Å². The zero-order valence-corrected chi connectivity index (χ0v) is 17.7. The quantitative estimate of drug-likeness (QED) is 0.732. The van der Waals surface area contributed by atoms with Crippen molar-refractivity contribution in [1.29, 1.82) is 0 Å². The Hall–Kier alpha value is -0.580. The third-order valence-corrected chi connectivity index (χ3v) is 6.83. The molecule has 146 valence electrons. The van der Waals surface area contributed by atoms with E-state index in [0.29, 0.717) is 10.0 Å². The number of hydrogen-bond donors (Lipinski definition) is 2. The zero-order valence-electron chi connectivity index (χ0n) is 16.2. The van der Waals surface area contributed by atoms with Gasteiger partial charge < -0.3 is 15.5 Å². The minimum absolute atomic E-state index is 0.139. The zero-order chi connectivity index (χ0) is 19.2. The van der Waals surface area contributed by atoms with Gasteiger partial charge in [-0.3, -0.25) is 0 Å². The van der Waals surface area contributed by atoms with Gasteiger partial charge in [-0.2, -0.15) is 0 Å². The van der Waals surface area contributed by atoms with Crippen LogP contribution in [0, 0.1) is 0 Å². The van der Waals surface area contributed by atoms with Crippen molar-refractivity contribution in [2.75, 3.05) is 39.8 Å². The highest BCUT2D eigenvalue weighted by Gasteiger charge is 2.38. The van der Waals surface area contributed by atoms with Crippen molar-refractivity contribution in [3.63, 3.8) is 0 Å². The molecule has 2 saturated heterocycles. The van der Waals surface area contributed by atoms with Gasteiger partial charge in [-0.15, -0.1) is 13.2 Å². The predicted octanol–water partition coefficient (Wildman–Crippen LogP) is 4.49. The molecule has 2 fully saturated rings. The van der Waals surface area contributed by atoms with Gasteiger partial charge in [0.1, 0.15) is 0 Å². The molecule has 0 unspecified atom stereocenters. The van der Waals surface area contributed by atoms with E-state index >= 15 is 0 Å². The molecular formula is C21H33Cl2N3. The summed E-state index contributed by atoms with van der Waals surface area (Å²) in [6.07, 6.45) is 4.82. The first kappa shape index (κ1) is 21.7. The summed E-state index contributed by atoms with van der Waals surface area (Å²) in [5.41, 5.74) is 1.75. The molecule has 2 heterocycles. The van der Waals surface area contributed by atoms with Crippen LogP contribution in [0.2, 0.25) is 10.0 Å². The van der Waals surface area contributed by atoms with Crippen LogP contribution in [0.25, 0.3) is 0 Å². The van der Waals surface area contributed by atoms with Crippen LogP contribution in [-0.2, 0) is 5.41 Å². The molecule has 3 nitrogen and oxygen atoms in total. The van der Waals surface area contributed by atoms with Gasteiger partial charge in [0, 0.05) is 24.0 Å². The molecule has 0 radical (unpaired) electrons. The van der Waals surface area contributed by atoms with Gasteiger partial charge in [0.15, 0.2) is 0 Å². The Morgan fingerprint density at radius 3 is 2.38 bits per heavy atom. The first-order valence-corrected chi connectivity index (χ1v) is 10.3. The van der Waals surface area contributed by atoms with Crippen LogP contribution >= 0.6 is 23.2 Å². The maximum absolute atomic E-state index is 6.32. The molecule has 1 aromatic carbocycles. The Morgan fingerprint density at radius 1 is 1.15 bits per heavy atom. The molecule has 3 rings (SSSR count). The molecule has 0 spiro atoms. The minimum atomic E-state index is 0.139. The highest BCUT2D eigenvalue weighted by atomic mass is 35.5. The number of nitrogens with one attached hydrogen (secondary N) is 2. The van der Waals surface area contributed by atoms with Gasteiger partial charge in [0.25, 0.3) is 0 Å². The van der Waals surface area contributed by atoms with Crippen molar-refractivity contribution in [2.24, 2.45) is 0 Å². The van der Waals surface area contributed by atoms with E-state index in [9.17, 15) is 0 Å². The second-order valence-corrected chi connectivity index (χ2v) is 8.59. The van der Waals surface area contributed by atoms with Gasteiger partial charge in [-0.05, 0) is 77.0 Å². The average Bonchev–Trinajstić information content (AvgIpc) is 2.68. The summed E-state index contributed by atoms with van der Waals surface area (Å²) in [6.45, 7) is 13.9. The molecule has 5 heteroatoms. The van der Waals surface area contributed by atoms with E-state index in [2.05, 4.69) is 54.8 Å². The molecule has 1 aromatic rings. The molecular weight excluding hydrogens is 365 g/mol. The van der Waals surface area contributed by atoms with E-state index in [1.165, 1.54) is 31.2 Å². The third kappa shape index (κ3) is 5.02. The third-order valence-electron chi connectivity index (χ3n) is 6.09. The second kappa shape index (κ2) is 9.57. The average molecular weight is 398 g/mol. The second-order valence-electron chi connectivity index (χ2n) is 7.78. The van der Waals surface area contributed by atoms with Crippen molar-refractivity contribution >= 4 is 23.2 Å². The number of nitrogens with zero attached hydrogens (tertiary/aromatic N) is 1. The van der Waals surface area contributed by atoms with Gasteiger partial charge in [0.2, 0.25) is 0 Å². The van der Waals surface area contributed by atoms with Crippen molar-refractivity contribution < 1.29 is 0 Å². The molecule has 1 atom stereocenters. The maximum Gasteiger partial charge on any atom is 0.0595 e. The van der Waals surface area contributed by atoms with Crippen molar-refractivity contribution in [3.8, 4) is 0 Å². The van der Waals surface area contributed by atoms with Gasteiger partial charge in [-0.1, -0.05) is 29.3 Å². The predicted molar refractivity (Wildman–Crippen MR) is 115 cm³/mol. The summed E-state index contributed by atoms with van der Waals surface area (Å²) in [5.74, 6) is 0. The van der Waals surface area contributed by atoms with E-state index in [1.54, 1.807) is 0 Å². The van der Waals surface area contributed by atoms with Crippen LogP contribution in [-0.4, -0.2) is 50.2 Å². The van der Waals surface area contributed by atoms with E-state index in [4.69, 9.17) is 23.2 Å². The Balaban J connectivity index is 0.00000117. The van der Waals surface area contributed by atoms with Gasteiger partial charge in [-0.25, -0.2) is 0 Å². The number of halogens is 2. The summed E-state index contributed by atoms with van der Waals surface area (Å²) in [4.78, 5) is 2.63. The van der Waals surface area contributed by atoms with Crippen molar-refractivity contribution in [3.05, 3.63) is 47.0 Å². The monoisotopic (exact) mass is 397 g/mol. The number of rotatable bonds is 4. The number of benzene rings is 1. The molecule has 2 N–H and O–H groups in total. The fraction of sp³-hybridized carbons (Fsp3) is 0.619. The topological polar surface area (TPSA) is 27.3 Å². The highest BCUT2D eigenvalue weighted by molar-refractivity contribution is 6.42. The van der Waals surface area contributed by atoms with Crippen LogP contribution in [0.3, 0.4) is 0 Å². The van der Waals surface area contributed by atoms with Crippen molar-refractivity contribution in [1.82, 2.24) is 15.5 Å². The van der Waals surface area contributed by atoms with Gasteiger partial charge >= 0.3 is 0 Å². The largest absolute Gasteiger partial charge is 0.316 e. The van der Waals surface area contributed by atoms with Crippen LogP contribution < -0.4 is 10.6 Å². The van der Waals surface area contributed by atoms with Gasteiger partial charge in [0.05, 0.1) is 10.0 Å². The summed E-state index contributed by atoms with van der Waals surface area (Å²) < 4.78 is 0. The molecule has 0 bridgehead atoms. The number of piperidine rings is 2. The molecule has 0 aromatic heterocycles. The Labute approximate surface area is 169 Å². The smallest absolute Gasteiger partial charge is 0.0595 e. The van der Waals surface area contributed by atoms with Crippen LogP contribution in [0.1, 0.15) is 38.2 Å². The normalized spacial score (nSPS) is 26.0. The minimum Gasteiger partial charge on any atom is -0.316 e. The fourth-order valence-electron chi connectivity index (χ4n) is 4.15. The Morgan fingerprint density at radius 2 is 1.85 bits per heavy atom. The summed E-state index contributed by atoms with van der Waals surface area (Å²) in [6, 6.07) is 6.20. The molecule has 0 amide bonds. The lowest BCUT2D eigenvalue weighted by molar-refractivity contribution is 0.113. The summed E-state index contributed by atoms with van der Waals surface area (Å²) in [5, 5.41) is 8.41. The van der Waals surface area contributed by atoms with E-state index in [0.717, 1.165) is 32.7 Å². The first-order valence-electron chi connectivity index (χ1n) is 9.54. The number of likely N-dealkylation sites (tertiary alicyclic amines) is 1. The maximum atomic E-state index is 6.32. The van der Waals surface area contributed by atoms with E-state index in [-0.39, 0.29) is 11.0 Å². The first-order chi connectivity index (χ1) is 12.5. The lowest BCUT2D eigenvalue weighted by atomic mass is 9.73. The molecule has 0 aliphatic carbocycles. The lowest BCUT2D eigenvalue weighted by Gasteiger charge is -2.46. The molecule has 2 aliphatic rings. The van der Waals surface area contributed by atoms with E-state index in [1.807, 2.05) is 6.07 Å². The van der Waals surface area contributed by atoms with Crippen LogP contribution in [0.5, 0.6) is 0 Å². The highest BCUT2D eigenvalue weighted by Crippen LogP contribution is 2.36. The van der Waals surface area contributed by atoms with Crippen LogP contribution in [0.15, 0.2) is 31.4 Å². The van der Waals surface area contributed by atoms with Crippen molar-refractivity contribution in [2.45, 2.75) is 43.6 Å². The lowest BCUT2D eigenvalue weighted by Crippen LogP contribution is -2.55. The standard InChI is InChI=1S/C19H29Cl2N3.C2H4/c1-18(22-2)7-10-24(11-8-18)14-19(6-3-9-23-13-19)15-4-5-16(20)17(21)12-15;1-2/h4-5,12,22-23H,3,6-11,13-14H2,1-2H3;1-2H2/t19-;/m0./s1. The molecule has 26 heavy (non-hydrogen) atoms. The summed E-state index contributed by atoms with van der Waals surface area (Å²) >= 11 is 12.5. The Bertz CT molecular complexity index is 577. The summed E-state index contributed by atoms with van der Waals surface area (Å²) in [7, 11) is 2.08.